The average Bonchev–Trinajstić information content (AvgIpc) is 3.17. The van der Waals surface area contributed by atoms with Crippen molar-refractivity contribution in [3.8, 4) is 17.1 Å². The van der Waals surface area contributed by atoms with Gasteiger partial charge in [0, 0.05) is 41.6 Å². The number of nitrogens with zero attached hydrogens (tertiary/aromatic N) is 1. The number of furan rings is 1. The zero-order valence-corrected chi connectivity index (χ0v) is 20.6. The van der Waals surface area contributed by atoms with E-state index in [9.17, 15) is 22.4 Å². The quantitative estimate of drug-likeness (QED) is 0.380. The van der Waals surface area contributed by atoms with E-state index >= 15 is 0 Å². The third-order valence-electron chi connectivity index (χ3n) is 5.21. The number of carbonyl (C=O) groups excluding carboxylic acids is 2. The fourth-order valence-electron chi connectivity index (χ4n) is 3.73. The Morgan fingerprint density at radius 2 is 1.80 bits per heavy atom. The second-order valence-corrected chi connectivity index (χ2v) is 11.1. The third-order valence-corrected chi connectivity index (χ3v) is 8.07. The lowest BCUT2D eigenvalue weighted by Gasteiger charge is -2.26. The number of thioether (sulfide) groups is 1. The minimum absolute atomic E-state index is 0.0188. The lowest BCUT2D eigenvalue weighted by molar-refractivity contribution is 0.0640. The molecule has 1 aromatic heterocycles. The number of hydrogen-bond donors (Lipinski definition) is 1. The predicted octanol–water partition coefficient (Wildman–Crippen LogP) is 4.00. The first kappa shape index (κ1) is 25.0. The summed E-state index contributed by atoms with van der Waals surface area (Å²) in [5, 5.41) is 0.152. The molecule has 0 aliphatic carbocycles. The zero-order valence-electron chi connectivity index (χ0n) is 18.9. The van der Waals surface area contributed by atoms with E-state index in [0.717, 1.165) is 0 Å². The molecule has 12 heteroatoms. The SMILES string of the molecule is CC(C)Oc1cc2c(C(=O)OC(N)=O)c(-c3ccc(F)cc3)oc2cc1S(=O)(=O)N1CCSCC1. The fourth-order valence-corrected chi connectivity index (χ4v) is 6.42. The maximum absolute atomic E-state index is 13.5. The van der Waals surface area contributed by atoms with Crippen LogP contribution in [-0.4, -0.2) is 55.5 Å². The van der Waals surface area contributed by atoms with Gasteiger partial charge in [-0.2, -0.15) is 16.1 Å². The van der Waals surface area contributed by atoms with Crippen molar-refractivity contribution in [2.24, 2.45) is 5.73 Å². The number of ether oxygens (including phenoxy) is 2. The highest BCUT2D eigenvalue weighted by Crippen LogP contribution is 2.40. The zero-order chi connectivity index (χ0) is 25.3. The van der Waals surface area contributed by atoms with Crippen LogP contribution in [-0.2, 0) is 14.8 Å². The lowest BCUT2D eigenvalue weighted by Crippen LogP contribution is -2.38. The van der Waals surface area contributed by atoms with E-state index in [1.54, 1.807) is 25.6 Å². The van der Waals surface area contributed by atoms with Crippen LogP contribution >= 0.6 is 11.8 Å². The summed E-state index contributed by atoms with van der Waals surface area (Å²) < 4.78 is 58.2. The van der Waals surface area contributed by atoms with E-state index in [0.29, 0.717) is 30.2 Å². The number of halogens is 1. The Hall–Kier alpha value is -3.09. The largest absolute Gasteiger partial charge is 0.490 e. The second kappa shape index (κ2) is 9.88. The van der Waals surface area contributed by atoms with E-state index in [2.05, 4.69) is 4.74 Å². The van der Waals surface area contributed by atoms with Gasteiger partial charge in [0.25, 0.3) is 0 Å². The molecule has 3 aromatic rings. The van der Waals surface area contributed by atoms with E-state index in [-0.39, 0.29) is 39.0 Å². The van der Waals surface area contributed by atoms with Gasteiger partial charge >= 0.3 is 12.1 Å². The first-order valence-electron chi connectivity index (χ1n) is 10.7. The molecule has 0 atom stereocenters. The summed E-state index contributed by atoms with van der Waals surface area (Å²) in [6.07, 6.45) is -1.71. The lowest BCUT2D eigenvalue weighted by atomic mass is 10.1. The summed E-state index contributed by atoms with van der Waals surface area (Å²) in [6.45, 7) is 4.17. The highest BCUT2D eigenvalue weighted by molar-refractivity contribution is 7.99. The molecule has 2 N–H and O–H groups in total. The molecule has 35 heavy (non-hydrogen) atoms. The number of nitrogens with two attached hydrogens (primary N) is 1. The number of esters is 1. The molecule has 1 saturated heterocycles. The Morgan fingerprint density at radius 3 is 2.40 bits per heavy atom. The van der Waals surface area contributed by atoms with Crippen LogP contribution in [0.3, 0.4) is 0 Å². The van der Waals surface area contributed by atoms with Gasteiger partial charge in [0.1, 0.15) is 33.4 Å². The summed E-state index contributed by atoms with van der Waals surface area (Å²) in [5.74, 6) is -0.293. The van der Waals surface area contributed by atoms with Crippen LogP contribution in [0.4, 0.5) is 9.18 Å². The second-order valence-electron chi connectivity index (χ2n) is 8.00. The fraction of sp³-hybridized carbons (Fsp3) is 0.304. The molecule has 2 aromatic carbocycles. The molecular weight excluding hydrogens is 499 g/mol. The van der Waals surface area contributed by atoms with Crippen molar-refractivity contribution in [1.82, 2.24) is 4.31 Å². The number of sulfonamides is 1. The summed E-state index contributed by atoms with van der Waals surface area (Å²) in [4.78, 5) is 24.0. The minimum Gasteiger partial charge on any atom is -0.490 e. The van der Waals surface area contributed by atoms with Crippen LogP contribution in [0.5, 0.6) is 5.75 Å². The Kier molecular flexibility index (Phi) is 7.06. The normalized spacial score (nSPS) is 14.9. The number of hydrogen-bond acceptors (Lipinski definition) is 8. The van der Waals surface area contributed by atoms with Crippen LogP contribution in [0.2, 0.25) is 0 Å². The highest BCUT2D eigenvalue weighted by Gasteiger charge is 2.33. The number of carbonyl (C=O) groups is 2. The van der Waals surface area contributed by atoms with Crippen LogP contribution in [0.15, 0.2) is 45.7 Å². The molecule has 1 amide bonds. The smallest absolute Gasteiger partial charge is 0.412 e. The van der Waals surface area contributed by atoms with Gasteiger partial charge in [0.2, 0.25) is 10.0 Å². The van der Waals surface area contributed by atoms with Crippen molar-refractivity contribution >= 4 is 44.8 Å². The maximum atomic E-state index is 13.5. The van der Waals surface area contributed by atoms with Gasteiger partial charge in [-0.15, -0.1) is 0 Å². The minimum atomic E-state index is -3.95. The van der Waals surface area contributed by atoms with Gasteiger partial charge in [0.05, 0.1) is 6.10 Å². The topological polar surface area (TPSA) is 129 Å². The summed E-state index contributed by atoms with van der Waals surface area (Å²) in [5.41, 5.74) is 5.22. The molecule has 1 fully saturated rings. The standard InChI is InChI=1S/C23H23FN2O7S2/c1-13(2)31-18-11-16-17(12-19(18)35(29,30)26-7-9-34-10-8-26)32-21(14-3-5-15(24)6-4-14)20(16)22(27)33-23(25)28/h3-6,11-13H,7-10H2,1-2H3,(H2,25,28). The molecule has 1 aliphatic heterocycles. The molecule has 0 bridgehead atoms. The predicted molar refractivity (Wildman–Crippen MR) is 128 cm³/mol. The summed E-state index contributed by atoms with van der Waals surface area (Å²) in [6, 6.07) is 7.76. The number of primary amides is 1. The van der Waals surface area contributed by atoms with Crippen LogP contribution in [0.1, 0.15) is 24.2 Å². The van der Waals surface area contributed by atoms with Crippen molar-refractivity contribution in [2.45, 2.75) is 24.8 Å². The van der Waals surface area contributed by atoms with E-state index < -0.39 is 27.9 Å². The monoisotopic (exact) mass is 522 g/mol. The van der Waals surface area contributed by atoms with E-state index in [1.807, 2.05) is 0 Å². The van der Waals surface area contributed by atoms with Crippen LogP contribution < -0.4 is 10.5 Å². The molecule has 4 rings (SSSR count). The van der Waals surface area contributed by atoms with E-state index in [1.165, 1.54) is 40.7 Å². The first-order valence-corrected chi connectivity index (χ1v) is 13.3. The van der Waals surface area contributed by atoms with Crippen molar-refractivity contribution in [3.63, 3.8) is 0 Å². The molecule has 9 nitrogen and oxygen atoms in total. The number of rotatable bonds is 6. The van der Waals surface area contributed by atoms with Gasteiger partial charge in [0.15, 0.2) is 0 Å². The Balaban J connectivity index is 1.97. The van der Waals surface area contributed by atoms with E-state index in [4.69, 9.17) is 14.9 Å². The highest BCUT2D eigenvalue weighted by atomic mass is 32.2. The molecule has 0 saturated carbocycles. The summed E-state index contributed by atoms with van der Waals surface area (Å²) >= 11 is 1.67. The van der Waals surface area contributed by atoms with Crippen molar-refractivity contribution in [2.75, 3.05) is 24.6 Å². The molecule has 0 spiro atoms. The molecule has 0 unspecified atom stereocenters. The first-order chi connectivity index (χ1) is 16.6. The number of amides is 1. The van der Waals surface area contributed by atoms with Crippen LogP contribution in [0.25, 0.3) is 22.3 Å². The van der Waals surface area contributed by atoms with Gasteiger partial charge in [-0.3, -0.25) is 0 Å². The Bertz CT molecular complexity index is 1380. The molecule has 186 valence electrons. The van der Waals surface area contributed by atoms with Gasteiger partial charge in [-0.05, 0) is 44.2 Å². The van der Waals surface area contributed by atoms with Gasteiger partial charge in [-0.1, -0.05) is 0 Å². The maximum Gasteiger partial charge on any atom is 0.412 e. The van der Waals surface area contributed by atoms with Gasteiger partial charge in [-0.25, -0.2) is 22.4 Å². The van der Waals surface area contributed by atoms with Crippen molar-refractivity contribution in [3.05, 3.63) is 47.8 Å². The molecule has 2 heterocycles. The number of benzene rings is 2. The summed E-state index contributed by atoms with van der Waals surface area (Å²) in [7, 11) is -3.95. The third kappa shape index (κ3) is 5.14. The van der Waals surface area contributed by atoms with Gasteiger partial charge < -0.3 is 19.6 Å². The van der Waals surface area contributed by atoms with Crippen molar-refractivity contribution in [1.29, 1.82) is 0 Å². The average molecular weight is 523 g/mol. The Morgan fingerprint density at radius 1 is 1.14 bits per heavy atom. The number of fused-ring (bicyclic) bond motifs is 1. The van der Waals surface area contributed by atoms with Crippen LogP contribution in [0, 0.1) is 5.82 Å². The molecular formula is C23H23FN2O7S2. The van der Waals surface area contributed by atoms with Crippen molar-refractivity contribution < 1.29 is 36.3 Å². The Labute approximate surface area is 205 Å². The molecule has 0 radical (unpaired) electrons. The molecule has 1 aliphatic rings.